The summed E-state index contributed by atoms with van der Waals surface area (Å²) in [5.74, 6) is 0.0842. The van der Waals surface area contributed by atoms with Crippen molar-refractivity contribution in [3.63, 3.8) is 0 Å². The van der Waals surface area contributed by atoms with Gasteiger partial charge in [0.1, 0.15) is 0 Å². The fourth-order valence-corrected chi connectivity index (χ4v) is 4.61. The van der Waals surface area contributed by atoms with E-state index in [1.54, 1.807) is 8.99 Å². The van der Waals surface area contributed by atoms with Crippen LogP contribution in [0.3, 0.4) is 0 Å². The normalized spacial score (nSPS) is 23.8. The van der Waals surface area contributed by atoms with Crippen molar-refractivity contribution in [3.8, 4) is 0 Å². The second kappa shape index (κ2) is 5.13. The summed E-state index contributed by atoms with van der Waals surface area (Å²) in [5.41, 5.74) is 2.00. The van der Waals surface area contributed by atoms with Gasteiger partial charge in [-0.25, -0.2) is 8.42 Å². The van der Waals surface area contributed by atoms with Crippen LogP contribution in [0.5, 0.6) is 0 Å². The van der Waals surface area contributed by atoms with Crippen LogP contribution in [0.4, 0.5) is 0 Å². The maximum absolute atomic E-state index is 12.4. The minimum atomic E-state index is -3.15. The van der Waals surface area contributed by atoms with Crippen molar-refractivity contribution in [2.45, 2.75) is 37.5 Å². The van der Waals surface area contributed by atoms with Crippen LogP contribution in [-0.2, 0) is 28.4 Å². The smallest absolute Gasteiger partial charge is 0.217 e. The molecular weight excluding hydrogens is 278 g/mol. The summed E-state index contributed by atoms with van der Waals surface area (Å²) in [5, 5.41) is 4.24. The molecule has 0 aromatic carbocycles. The van der Waals surface area contributed by atoms with Crippen molar-refractivity contribution in [2.24, 2.45) is 7.05 Å². The second-order valence-corrected chi connectivity index (χ2v) is 7.81. The predicted molar refractivity (Wildman–Crippen MR) is 74.8 cm³/mol. The molecule has 0 N–H and O–H groups in total. The number of hydrogen-bond acceptors (Lipinski definition) is 4. The van der Waals surface area contributed by atoms with E-state index in [0.29, 0.717) is 26.3 Å². The zero-order chi connectivity index (χ0) is 14.3. The van der Waals surface area contributed by atoms with Crippen molar-refractivity contribution >= 4 is 10.0 Å². The van der Waals surface area contributed by atoms with Gasteiger partial charge < -0.3 is 4.74 Å². The van der Waals surface area contributed by atoms with Crippen LogP contribution in [0.15, 0.2) is 6.20 Å². The molecule has 2 aliphatic rings. The molecule has 0 spiro atoms. The van der Waals surface area contributed by atoms with Gasteiger partial charge in [0, 0.05) is 37.9 Å². The highest BCUT2D eigenvalue weighted by Gasteiger charge is 2.43. The number of hydrogen-bond donors (Lipinski definition) is 0. The van der Waals surface area contributed by atoms with Gasteiger partial charge in [-0.3, -0.25) is 4.68 Å². The Balaban J connectivity index is 1.87. The molecule has 0 saturated heterocycles. The van der Waals surface area contributed by atoms with Gasteiger partial charge in [0.25, 0.3) is 0 Å². The number of nitrogens with zero attached hydrogens (tertiary/aromatic N) is 3. The third kappa shape index (κ3) is 2.49. The molecule has 112 valence electrons. The van der Waals surface area contributed by atoms with Gasteiger partial charge in [0.2, 0.25) is 10.0 Å². The monoisotopic (exact) mass is 299 g/mol. The van der Waals surface area contributed by atoms with Crippen LogP contribution in [0.25, 0.3) is 0 Å². The number of aromatic nitrogens is 2. The van der Waals surface area contributed by atoms with Gasteiger partial charge in [-0.05, 0) is 19.8 Å². The maximum atomic E-state index is 12.4. The first-order valence-electron chi connectivity index (χ1n) is 7.11. The first kappa shape index (κ1) is 14.0. The molecule has 1 atom stereocenters. The highest BCUT2D eigenvalue weighted by atomic mass is 32.2. The highest BCUT2D eigenvalue weighted by Crippen LogP contribution is 2.36. The Labute approximate surface area is 119 Å². The lowest BCUT2D eigenvalue weighted by atomic mass is 9.97. The van der Waals surface area contributed by atoms with Crippen LogP contribution in [0.1, 0.15) is 36.9 Å². The zero-order valence-corrected chi connectivity index (χ0v) is 12.8. The van der Waals surface area contributed by atoms with Crippen molar-refractivity contribution in [1.29, 1.82) is 0 Å². The Morgan fingerprint density at radius 3 is 2.85 bits per heavy atom. The second-order valence-electron chi connectivity index (χ2n) is 5.60. The Hall–Kier alpha value is -0.920. The number of sulfonamides is 1. The summed E-state index contributed by atoms with van der Waals surface area (Å²) in [6.07, 6.45) is 3.58. The Bertz CT molecular complexity index is 592. The van der Waals surface area contributed by atoms with Crippen molar-refractivity contribution in [1.82, 2.24) is 14.1 Å². The SMILES string of the molecule is CCOC[C@H]1CN(S(=O)(=O)C2CC2)Cc2nn(C)cc21. The van der Waals surface area contributed by atoms with Gasteiger partial charge in [-0.1, -0.05) is 0 Å². The quantitative estimate of drug-likeness (QED) is 0.808. The number of aryl methyl sites for hydroxylation is 1. The van der Waals surface area contributed by atoms with Crippen molar-refractivity contribution < 1.29 is 13.2 Å². The van der Waals surface area contributed by atoms with Crippen molar-refractivity contribution in [3.05, 3.63) is 17.5 Å². The molecule has 1 aliphatic heterocycles. The molecule has 2 heterocycles. The van der Waals surface area contributed by atoms with Gasteiger partial charge in [0.15, 0.2) is 0 Å². The molecular formula is C13H21N3O3S. The number of fused-ring (bicyclic) bond motifs is 1. The van der Waals surface area contributed by atoms with Crippen LogP contribution in [0, 0.1) is 0 Å². The summed E-state index contributed by atoms with van der Waals surface area (Å²) in [4.78, 5) is 0. The summed E-state index contributed by atoms with van der Waals surface area (Å²) < 4.78 is 33.7. The standard InChI is InChI=1S/C13H21N3O3S/c1-3-19-9-10-6-16(20(17,18)11-4-5-11)8-13-12(10)7-15(2)14-13/h7,10-11H,3-6,8-9H2,1-2H3/t10-/m1/s1. The van der Waals surface area contributed by atoms with Gasteiger partial charge in [-0.15, -0.1) is 0 Å². The Kier molecular flexibility index (Phi) is 3.60. The largest absolute Gasteiger partial charge is 0.381 e. The molecule has 1 aromatic heterocycles. The molecule has 20 heavy (non-hydrogen) atoms. The van der Waals surface area contributed by atoms with Gasteiger partial charge in [0.05, 0.1) is 24.1 Å². The lowest BCUT2D eigenvalue weighted by molar-refractivity contribution is 0.121. The molecule has 1 fully saturated rings. The third-order valence-corrected chi connectivity index (χ3v) is 6.27. The minimum absolute atomic E-state index is 0.0842. The molecule has 0 unspecified atom stereocenters. The molecule has 0 radical (unpaired) electrons. The summed E-state index contributed by atoms with van der Waals surface area (Å²) in [7, 11) is -1.28. The van der Waals surface area contributed by atoms with Gasteiger partial charge >= 0.3 is 0 Å². The third-order valence-electron chi connectivity index (χ3n) is 3.96. The summed E-state index contributed by atoms with van der Waals surface area (Å²) >= 11 is 0. The lowest BCUT2D eigenvalue weighted by Gasteiger charge is -2.31. The highest BCUT2D eigenvalue weighted by molar-refractivity contribution is 7.90. The number of rotatable bonds is 5. The minimum Gasteiger partial charge on any atom is -0.381 e. The fraction of sp³-hybridized carbons (Fsp3) is 0.769. The van der Waals surface area contributed by atoms with E-state index in [-0.39, 0.29) is 11.2 Å². The van der Waals surface area contributed by atoms with Crippen LogP contribution in [0.2, 0.25) is 0 Å². The first-order chi connectivity index (χ1) is 9.52. The van der Waals surface area contributed by atoms with E-state index in [1.165, 1.54) is 0 Å². The lowest BCUT2D eigenvalue weighted by Crippen LogP contribution is -2.41. The van der Waals surface area contributed by atoms with E-state index >= 15 is 0 Å². The average molecular weight is 299 g/mol. The van der Waals surface area contributed by atoms with Crippen LogP contribution < -0.4 is 0 Å². The summed E-state index contributed by atoms with van der Waals surface area (Å²) in [6, 6.07) is 0. The zero-order valence-electron chi connectivity index (χ0n) is 11.9. The Morgan fingerprint density at radius 1 is 1.45 bits per heavy atom. The molecule has 1 saturated carbocycles. The number of ether oxygens (including phenoxy) is 1. The van der Waals surface area contributed by atoms with Gasteiger partial charge in [-0.2, -0.15) is 9.40 Å². The van der Waals surface area contributed by atoms with E-state index in [1.807, 2.05) is 20.2 Å². The first-order valence-corrected chi connectivity index (χ1v) is 8.61. The average Bonchev–Trinajstić information content (AvgIpc) is 3.18. The topological polar surface area (TPSA) is 64.4 Å². The summed E-state index contributed by atoms with van der Waals surface area (Å²) in [6.45, 7) is 4.05. The van der Waals surface area contributed by atoms with E-state index in [2.05, 4.69) is 5.10 Å². The molecule has 0 amide bonds. The molecule has 6 nitrogen and oxygen atoms in total. The molecule has 7 heteroatoms. The maximum Gasteiger partial charge on any atom is 0.217 e. The molecule has 3 rings (SSSR count). The molecule has 1 aromatic rings. The van der Waals surface area contributed by atoms with E-state index < -0.39 is 10.0 Å². The van der Waals surface area contributed by atoms with E-state index in [9.17, 15) is 8.42 Å². The van der Waals surface area contributed by atoms with E-state index in [0.717, 1.165) is 24.1 Å². The van der Waals surface area contributed by atoms with Crippen molar-refractivity contribution in [2.75, 3.05) is 19.8 Å². The fourth-order valence-electron chi connectivity index (χ4n) is 2.77. The molecule has 0 bridgehead atoms. The van der Waals surface area contributed by atoms with E-state index in [4.69, 9.17) is 4.74 Å². The predicted octanol–water partition coefficient (Wildman–Crippen LogP) is 0.848. The Morgan fingerprint density at radius 2 is 2.20 bits per heavy atom. The van der Waals surface area contributed by atoms with Crippen LogP contribution in [-0.4, -0.2) is 47.5 Å². The molecule has 1 aliphatic carbocycles. The van der Waals surface area contributed by atoms with Crippen LogP contribution >= 0.6 is 0 Å².